The highest BCUT2D eigenvalue weighted by molar-refractivity contribution is 5.65. The molecule has 12 heavy (non-hydrogen) atoms. The molecule has 0 aromatic heterocycles. The van der Waals surface area contributed by atoms with Gasteiger partial charge in [-0.3, -0.25) is 4.79 Å². The first kappa shape index (κ1) is 11.2. The summed E-state index contributed by atoms with van der Waals surface area (Å²) in [6.45, 7) is 6.72. The predicted molar refractivity (Wildman–Crippen MR) is 46.9 cm³/mol. The lowest BCUT2D eigenvalue weighted by atomic mass is 10.3. The van der Waals surface area contributed by atoms with E-state index in [1.807, 2.05) is 0 Å². The largest absolute Gasteiger partial charge is 0.466 e. The molecule has 0 aromatic rings. The molecule has 0 bridgehead atoms. The lowest BCUT2D eigenvalue weighted by molar-refractivity contribution is -0.141. The minimum absolute atomic E-state index is 0.220. The van der Waals surface area contributed by atoms with Gasteiger partial charge in [-0.1, -0.05) is 6.08 Å². The Balaban J connectivity index is 2.90. The zero-order chi connectivity index (χ0) is 9.23. The van der Waals surface area contributed by atoms with Gasteiger partial charge in [-0.15, -0.1) is 6.58 Å². The fourth-order valence-electron chi connectivity index (χ4n) is 0.689. The Morgan fingerprint density at radius 1 is 1.42 bits per heavy atom. The van der Waals surface area contributed by atoms with Gasteiger partial charge < -0.3 is 9.47 Å². The van der Waals surface area contributed by atoms with E-state index in [-0.39, 0.29) is 5.97 Å². The first-order valence-electron chi connectivity index (χ1n) is 4.09. The summed E-state index contributed by atoms with van der Waals surface area (Å²) in [5.74, 6) is -0.220. The summed E-state index contributed by atoms with van der Waals surface area (Å²) in [6.07, 6.45) is 3.49. The molecule has 0 radical (unpaired) electrons. The molecule has 0 unspecified atom stereocenters. The molecule has 0 spiro atoms. The minimum atomic E-state index is -0.220. The Morgan fingerprint density at radius 3 is 2.67 bits per heavy atom. The maximum atomic E-state index is 10.3. The van der Waals surface area contributed by atoms with Crippen LogP contribution >= 0.6 is 0 Å². The summed E-state index contributed by atoms with van der Waals surface area (Å²) in [7, 11) is 0. The third kappa shape index (κ3) is 9.17. The molecule has 3 heteroatoms. The van der Waals surface area contributed by atoms with Gasteiger partial charge in [-0.05, 0) is 12.8 Å². The van der Waals surface area contributed by atoms with E-state index in [0.29, 0.717) is 19.8 Å². The molecule has 0 aromatic carbocycles. The number of rotatable bonds is 7. The number of hydrogen-bond acceptors (Lipinski definition) is 3. The highest BCUT2D eigenvalue weighted by atomic mass is 16.5. The standard InChI is InChI=1S/C9H16O3/c1-3-6-11-7-4-5-8-12-9(2)10/h3H,1,4-8H2,2H3. The van der Waals surface area contributed by atoms with Crippen LogP contribution in [-0.2, 0) is 14.3 Å². The topological polar surface area (TPSA) is 35.5 Å². The van der Waals surface area contributed by atoms with Crippen molar-refractivity contribution >= 4 is 5.97 Å². The van der Waals surface area contributed by atoms with Crippen molar-refractivity contribution < 1.29 is 14.3 Å². The van der Waals surface area contributed by atoms with Gasteiger partial charge in [0, 0.05) is 13.5 Å². The molecule has 3 nitrogen and oxygen atoms in total. The van der Waals surface area contributed by atoms with E-state index in [2.05, 4.69) is 6.58 Å². The molecular formula is C9H16O3. The van der Waals surface area contributed by atoms with Crippen LogP contribution in [0, 0.1) is 0 Å². The fourth-order valence-corrected chi connectivity index (χ4v) is 0.689. The van der Waals surface area contributed by atoms with Gasteiger partial charge in [0.25, 0.3) is 0 Å². The molecule has 0 aliphatic heterocycles. The van der Waals surface area contributed by atoms with Gasteiger partial charge in [-0.2, -0.15) is 0 Å². The summed E-state index contributed by atoms with van der Waals surface area (Å²) < 4.78 is 9.87. The Morgan fingerprint density at radius 2 is 2.08 bits per heavy atom. The Labute approximate surface area is 73.4 Å². The Bertz CT molecular complexity index is 132. The second kappa shape index (κ2) is 8.27. The van der Waals surface area contributed by atoms with E-state index in [1.54, 1.807) is 6.08 Å². The summed E-state index contributed by atoms with van der Waals surface area (Å²) in [5.41, 5.74) is 0. The van der Waals surface area contributed by atoms with Crippen LogP contribution in [0.25, 0.3) is 0 Å². The van der Waals surface area contributed by atoms with Gasteiger partial charge in [0.2, 0.25) is 0 Å². The highest BCUT2D eigenvalue weighted by Gasteiger charge is 1.92. The van der Waals surface area contributed by atoms with Crippen LogP contribution in [0.15, 0.2) is 12.7 Å². The number of ether oxygens (including phenoxy) is 2. The number of carbonyl (C=O) groups excluding carboxylic acids is 1. The molecule has 0 saturated carbocycles. The molecule has 70 valence electrons. The third-order valence-corrected chi connectivity index (χ3v) is 1.22. The zero-order valence-electron chi connectivity index (χ0n) is 7.54. The molecule has 0 fully saturated rings. The van der Waals surface area contributed by atoms with Gasteiger partial charge >= 0.3 is 5.97 Å². The number of carbonyl (C=O) groups is 1. The number of esters is 1. The van der Waals surface area contributed by atoms with E-state index in [9.17, 15) is 4.79 Å². The average Bonchev–Trinajstić information content (AvgIpc) is 2.02. The highest BCUT2D eigenvalue weighted by Crippen LogP contribution is 1.91. The van der Waals surface area contributed by atoms with Crippen molar-refractivity contribution in [3.8, 4) is 0 Å². The fraction of sp³-hybridized carbons (Fsp3) is 0.667. The second-order valence-corrected chi connectivity index (χ2v) is 2.41. The van der Waals surface area contributed by atoms with Gasteiger partial charge in [0.15, 0.2) is 0 Å². The van der Waals surface area contributed by atoms with Crippen LogP contribution in [0.3, 0.4) is 0 Å². The predicted octanol–water partition coefficient (Wildman–Crippen LogP) is 1.53. The SMILES string of the molecule is C=CCOCCCCOC(C)=O. The van der Waals surface area contributed by atoms with E-state index >= 15 is 0 Å². The van der Waals surface area contributed by atoms with Crippen molar-refractivity contribution in [3.05, 3.63) is 12.7 Å². The molecule has 0 aliphatic rings. The summed E-state index contributed by atoms with van der Waals surface area (Å²) in [6, 6.07) is 0. The molecule has 0 N–H and O–H groups in total. The molecule has 0 atom stereocenters. The Kier molecular flexibility index (Phi) is 7.70. The van der Waals surface area contributed by atoms with Crippen LogP contribution in [0.5, 0.6) is 0 Å². The molecular weight excluding hydrogens is 156 g/mol. The summed E-state index contributed by atoms with van der Waals surface area (Å²) in [4.78, 5) is 10.3. The molecule has 0 saturated heterocycles. The zero-order valence-corrected chi connectivity index (χ0v) is 7.54. The van der Waals surface area contributed by atoms with E-state index < -0.39 is 0 Å². The smallest absolute Gasteiger partial charge is 0.302 e. The minimum Gasteiger partial charge on any atom is -0.466 e. The second-order valence-electron chi connectivity index (χ2n) is 2.41. The number of unbranched alkanes of at least 4 members (excludes halogenated alkanes) is 1. The van der Waals surface area contributed by atoms with Gasteiger partial charge in [-0.25, -0.2) is 0 Å². The first-order valence-corrected chi connectivity index (χ1v) is 4.09. The van der Waals surface area contributed by atoms with Crippen molar-refractivity contribution in [1.29, 1.82) is 0 Å². The van der Waals surface area contributed by atoms with E-state index in [4.69, 9.17) is 9.47 Å². The third-order valence-electron chi connectivity index (χ3n) is 1.22. The average molecular weight is 172 g/mol. The normalized spacial score (nSPS) is 9.42. The van der Waals surface area contributed by atoms with Crippen LogP contribution in [0.4, 0.5) is 0 Å². The quantitative estimate of drug-likeness (QED) is 0.332. The molecule has 0 aliphatic carbocycles. The van der Waals surface area contributed by atoms with Crippen molar-refractivity contribution in [2.24, 2.45) is 0 Å². The monoisotopic (exact) mass is 172 g/mol. The van der Waals surface area contributed by atoms with Gasteiger partial charge in [0.1, 0.15) is 0 Å². The van der Waals surface area contributed by atoms with Crippen LogP contribution in [-0.4, -0.2) is 25.8 Å². The summed E-state index contributed by atoms with van der Waals surface area (Å²) >= 11 is 0. The maximum absolute atomic E-state index is 10.3. The molecule has 0 amide bonds. The van der Waals surface area contributed by atoms with E-state index in [1.165, 1.54) is 6.92 Å². The molecule has 0 heterocycles. The van der Waals surface area contributed by atoms with E-state index in [0.717, 1.165) is 12.8 Å². The molecule has 0 rings (SSSR count). The number of hydrogen-bond donors (Lipinski definition) is 0. The lowest BCUT2D eigenvalue weighted by Gasteiger charge is -2.01. The first-order chi connectivity index (χ1) is 5.77. The Hall–Kier alpha value is -0.830. The van der Waals surface area contributed by atoms with Crippen LogP contribution < -0.4 is 0 Å². The lowest BCUT2D eigenvalue weighted by Crippen LogP contribution is -2.02. The summed E-state index contributed by atoms with van der Waals surface area (Å²) in [5, 5.41) is 0. The van der Waals surface area contributed by atoms with Crippen molar-refractivity contribution in [2.75, 3.05) is 19.8 Å². The van der Waals surface area contributed by atoms with Crippen molar-refractivity contribution in [1.82, 2.24) is 0 Å². The van der Waals surface area contributed by atoms with Crippen molar-refractivity contribution in [2.45, 2.75) is 19.8 Å². The van der Waals surface area contributed by atoms with Gasteiger partial charge in [0.05, 0.1) is 13.2 Å². The van der Waals surface area contributed by atoms with Crippen LogP contribution in [0.2, 0.25) is 0 Å². The maximum Gasteiger partial charge on any atom is 0.302 e. The van der Waals surface area contributed by atoms with Crippen LogP contribution in [0.1, 0.15) is 19.8 Å². The van der Waals surface area contributed by atoms with Crippen molar-refractivity contribution in [3.63, 3.8) is 0 Å².